The molecule has 29 heavy (non-hydrogen) atoms. The average Bonchev–Trinajstić information content (AvgIpc) is 3.46. The van der Waals surface area contributed by atoms with E-state index in [1.807, 2.05) is 19.1 Å². The van der Waals surface area contributed by atoms with Gasteiger partial charge in [-0.05, 0) is 36.4 Å². The van der Waals surface area contributed by atoms with E-state index in [-0.39, 0.29) is 11.9 Å². The molecule has 0 aliphatic carbocycles. The number of urea groups is 1. The zero-order valence-corrected chi connectivity index (χ0v) is 16.0. The van der Waals surface area contributed by atoms with E-state index in [2.05, 4.69) is 15.5 Å². The first-order chi connectivity index (χ1) is 14.1. The number of furan rings is 1. The topological polar surface area (TPSA) is 105 Å². The summed E-state index contributed by atoms with van der Waals surface area (Å²) in [5.41, 5.74) is 1.49. The number of benzene rings is 1. The molecule has 1 saturated heterocycles. The van der Waals surface area contributed by atoms with Gasteiger partial charge in [-0.1, -0.05) is 12.1 Å². The molecule has 2 aromatic heterocycles. The Hall–Kier alpha value is -3.62. The maximum Gasteiger partial charge on any atom is 0.321 e. The molecule has 150 valence electrons. The third-order valence-electron chi connectivity index (χ3n) is 4.75. The average molecular weight is 395 g/mol. The van der Waals surface area contributed by atoms with Gasteiger partial charge in [0.15, 0.2) is 5.76 Å². The molecular formula is C20H21N5O4. The normalized spacial score (nSPS) is 14.1. The number of carbonyl (C=O) groups is 2. The van der Waals surface area contributed by atoms with Crippen molar-refractivity contribution in [3.8, 4) is 11.4 Å². The summed E-state index contributed by atoms with van der Waals surface area (Å²) >= 11 is 0. The van der Waals surface area contributed by atoms with Crippen LogP contribution in [0.3, 0.4) is 0 Å². The van der Waals surface area contributed by atoms with Gasteiger partial charge in [-0.2, -0.15) is 4.98 Å². The minimum absolute atomic E-state index is 0.154. The molecular weight excluding hydrogens is 374 g/mol. The molecule has 9 heteroatoms. The Morgan fingerprint density at radius 3 is 2.41 bits per heavy atom. The lowest BCUT2D eigenvalue weighted by molar-refractivity contribution is 0.0640. The molecule has 9 nitrogen and oxygen atoms in total. The van der Waals surface area contributed by atoms with Crippen LogP contribution in [0.2, 0.25) is 0 Å². The highest BCUT2D eigenvalue weighted by Crippen LogP contribution is 2.19. The van der Waals surface area contributed by atoms with E-state index in [4.69, 9.17) is 8.94 Å². The molecule has 3 aromatic rings. The van der Waals surface area contributed by atoms with Crippen LogP contribution in [0.15, 0.2) is 51.6 Å². The summed E-state index contributed by atoms with van der Waals surface area (Å²) < 4.78 is 10.3. The zero-order chi connectivity index (χ0) is 20.2. The van der Waals surface area contributed by atoms with E-state index >= 15 is 0 Å². The summed E-state index contributed by atoms with van der Waals surface area (Å²) in [6.45, 7) is 3.79. The maximum atomic E-state index is 12.5. The van der Waals surface area contributed by atoms with Crippen LogP contribution in [0.5, 0.6) is 0 Å². The van der Waals surface area contributed by atoms with Gasteiger partial charge >= 0.3 is 6.03 Å². The third kappa shape index (κ3) is 4.13. The van der Waals surface area contributed by atoms with Gasteiger partial charge in [-0.3, -0.25) is 4.79 Å². The minimum atomic E-state index is -0.198. The Kier molecular flexibility index (Phi) is 5.28. The van der Waals surface area contributed by atoms with E-state index in [0.717, 1.165) is 5.56 Å². The number of nitrogens with zero attached hydrogens (tertiary/aromatic N) is 4. The van der Waals surface area contributed by atoms with Crippen LogP contribution in [0.25, 0.3) is 11.4 Å². The van der Waals surface area contributed by atoms with Crippen molar-refractivity contribution in [1.82, 2.24) is 19.9 Å². The predicted molar refractivity (Wildman–Crippen MR) is 104 cm³/mol. The standard InChI is InChI=1S/C20H21N5O4/c1-2-17-22-18(23-29-17)14-5-7-15(8-6-14)21-20(27)25-11-9-24(10-12-25)19(26)16-4-3-13-28-16/h3-8,13H,2,9-12H2,1H3,(H,21,27). The SMILES string of the molecule is CCc1nc(-c2ccc(NC(=O)N3CCN(C(=O)c4ccco4)CC3)cc2)no1. The molecule has 0 radical (unpaired) electrons. The van der Waals surface area contributed by atoms with Crippen molar-refractivity contribution in [1.29, 1.82) is 0 Å². The first-order valence-corrected chi connectivity index (χ1v) is 9.46. The molecule has 3 amide bonds. The third-order valence-corrected chi connectivity index (χ3v) is 4.75. The first-order valence-electron chi connectivity index (χ1n) is 9.46. The Labute approximate surface area is 167 Å². The molecule has 3 heterocycles. The number of aromatic nitrogens is 2. The largest absolute Gasteiger partial charge is 0.459 e. The van der Waals surface area contributed by atoms with Crippen LogP contribution < -0.4 is 5.32 Å². The van der Waals surface area contributed by atoms with Crippen molar-refractivity contribution >= 4 is 17.6 Å². The number of carbonyl (C=O) groups excluding carboxylic acids is 2. The maximum absolute atomic E-state index is 12.5. The van der Waals surface area contributed by atoms with Gasteiger partial charge in [0.25, 0.3) is 5.91 Å². The van der Waals surface area contributed by atoms with Crippen LogP contribution in [-0.4, -0.2) is 58.1 Å². The van der Waals surface area contributed by atoms with Crippen molar-refractivity contribution in [2.75, 3.05) is 31.5 Å². The number of rotatable bonds is 4. The van der Waals surface area contributed by atoms with E-state index in [1.165, 1.54) is 6.26 Å². The molecule has 1 aromatic carbocycles. The number of aryl methyl sites for hydroxylation is 1. The molecule has 0 bridgehead atoms. The quantitative estimate of drug-likeness (QED) is 0.728. The Morgan fingerprint density at radius 1 is 1.07 bits per heavy atom. The van der Waals surface area contributed by atoms with Gasteiger partial charge in [-0.15, -0.1) is 0 Å². The number of hydrogen-bond acceptors (Lipinski definition) is 6. The molecule has 4 rings (SSSR count). The Balaban J connectivity index is 1.31. The summed E-state index contributed by atoms with van der Waals surface area (Å²) in [4.78, 5) is 32.5. The summed E-state index contributed by atoms with van der Waals surface area (Å²) in [6.07, 6.45) is 2.16. The van der Waals surface area contributed by atoms with Crippen molar-refractivity contribution in [2.24, 2.45) is 0 Å². The lowest BCUT2D eigenvalue weighted by Gasteiger charge is -2.34. The second kappa shape index (κ2) is 8.17. The lowest BCUT2D eigenvalue weighted by atomic mass is 10.2. The van der Waals surface area contributed by atoms with Crippen LogP contribution in [0.4, 0.5) is 10.5 Å². The zero-order valence-electron chi connectivity index (χ0n) is 16.0. The first kappa shape index (κ1) is 18.7. The highest BCUT2D eigenvalue weighted by Gasteiger charge is 2.26. The summed E-state index contributed by atoms with van der Waals surface area (Å²) in [5.74, 6) is 1.27. The van der Waals surface area contributed by atoms with Crippen LogP contribution >= 0.6 is 0 Å². The second-order valence-corrected chi connectivity index (χ2v) is 6.63. The van der Waals surface area contributed by atoms with Gasteiger partial charge in [0.1, 0.15) is 0 Å². The molecule has 0 saturated carbocycles. The summed E-state index contributed by atoms with van der Waals surface area (Å²) in [7, 11) is 0. The van der Waals surface area contributed by atoms with Crippen molar-refractivity contribution in [3.63, 3.8) is 0 Å². The van der Waals surface area contributed by atoms with Crippen molar-refractivity contribution in [3.05, 3.63) is 54.3 Å². The van der Waals surface area contributed by atoms with Gasteiger partial charge in [-0.25, -0.2) is 4.79 Å². The summed E-state index contributed by atoms with van der Waals surface area (Å²) in [6, 6.07) is 10.4. The van der Waals surface area contributed by atoms with Gasteiger partial charge in [0.2, 0.25) is 11.7 Å². The molecule has 1 aliphatic heterocycles. The van der Waals surface area contributed by atoms with Gasteiger partial charge in [0.05, 0.1) is 6.26 Å². The molecule has 0 spiro atoms. The van der Waals surface area contributed by atoms with E-state index in [9.17, 15) is 9.59 Å². The predicted octanol–water partition coefficient (Wildman–Crippen LogP) is 2.88. The number of nitrogens with one attached hydrogen (secondary N) is 1. The fourth-order valence-corrected chi connectivity index (χ4v) is 3.09. The number of piperazine rings is 1. The van der Waals surface area contributed by atoms with E-state index < -0.39 is 0 Å². The Bertz CT molecular complexity index is 973. The number of anilines is 1. The molecule has 1 N–H and O–H groups in total. The summed E-state index contributed by atoms with van der Waals surface area (Å²) in [5, 5.41) is 6.82. The smallest absolute Gasteiger partial charge is 0.321 e. The number of amides is 3. The van der Waals surface area contributed by atoms with Crippen LogP contribution in [0, 0.1) is 0 Å². The van der Waals surface area contributed by atoms with E-state index in [0.29, 0.717) is 55.8 Å². The highest BCUT2D eigenvalue weighted by molar-refractivity contribution is 5.92. The molecule has 1 aliphatic rings. The Morgan fingerprint density at radius 2 is 1.79 bits per heavy atom. The van der Waals surface area contributed by atoms with Crippen LogP contribution in [-0.2, 0) is 6.42 Å². The molecule has 1 fully saturated rings. The monoisotopic (exact) mass is 395 g/mol. The minimum Gasteiger partial charge on any atom is -0.459 e. The van der Waals surface area contributed by atoms with Gasteiger partial charge < -0.3 is 24.1 Å². The van der Waals surface area contributed by atoms with E-state index in [1.54, 1.807) is 34.1 Å². The fourth-order valence-electron chi connectivity index (χ4n) is 3.09. The molecule has 0 unspecified atom stereocenters. The van der Waals surface area contributed by atoms with Crippen molar-refractivity contribution < 1.29 is 18.5 Å². The lowest BCUT2D eigenvalue weighted by Crippen LogP contribution is -2.51. The highest BCUT2D eigenvalue weighted by atomic mass is 16.5. The molecule has 0 atom stereocenters. The van der Waals surface area contributed by atoms with Gasteiger partial charge in [0, 0.05) is 43.9 Å². The second-order valence-electron chi connectivity index (χ2n) is 6.63. The van der Waals surface area contributed by atoms with Crippen molar-refractivity contribution in [2.45, 2.75) is 13.3 Å². The fraction of sp³-hybridized carbons (Fsp3) is 0.300. The van der Waals surface area contributed by atoms with Crippen LogP contribution in [0.1, 0.15) is 23.4 Å². The number of hydrogen-bond donors (Lipinski definition) is 1.